The zero-order valence-electron chi connectivity index (χ0n) is 15.4. The molecule has 0 aliphatic carbocycles. The minimum atomic E-state index is -0.864. The van der Waals surface area contributed by atoms with Gasteiger partial charge in [-0.1, -0.05) is 24.3 Å². The predicted molar refractivity (Wildman–Crippen MR) is 107 cm³/mol. The van der Waals surface area contributed by atoms with Gasteiger partial charge in [-0.2, -0.15) is 0 Å². The van der Waals surface area contributed by atoms with Crippen LogP contribution in [0.4, 0.5) is 5.69 Å². The maximum atomic E-state index is 12.7. The molecule has 0 fully saturated rings. The molecule has 1 aliphatic heterocycles. The summed E-state index contributed by atoms with van der Waals surface area (Å²) in [5, 5.41) is 16.1. The molecule has 0 spiro atoms. The van der Waals surface area contributed by atoms with Crippen molar-refractivity contribution in [3.05, 3.63) is 89.7 Å². The second kappa shape index (κ2) is 8.12. The Kier molecular flexibility index (Phi) is 5.22. The number of carbonyl (C=O) groups is 2. The van der Waals surface area contributed by atoms with Crippen molar-refractivity contribution in [1.29, 1.82) is 0 Å². The number of nitrogens with zero attached hydrogens (tertiary/aromatic N) is 1. The van der Waals surface area contributed by atoms with E-state index in [0.717, 1.165) is 0 Å². The van der Waals surface area contributed by atoms with Crippen molar-refractivity contribution in [2.75, 3.05) is 11.9 Å². The Morgan fingerprint density at radius 1 is 1.00 bits per heavy atom. The Labute approximate surface area is 167 Å². The first-order chi connectivity index (χ1) is 14.1. The summed E-state index contributed by atoms with van der Waals surface area (Å²) in [6.07, 6.45) is 2.19. The van der Waals surface area contributed by atoms with Gasteiger partial charge in [0, 0.05) is 29.2 Å². The molecule has 7 nitrogen and oxygen atoms in total. The molecule has 2 atom stereocenters. The number of rotatable bonds is 4. The number of ether oxygens (including phenoxy) is 1. The van der Waals surface area contributed by atoms with Crippen molar-refractivity contribution in [3.8, 4) is 5.75 Å². The zero-order valence-corrected chi connectivity index (χ0v) is 15.4. The molecule has 0 bridgehead atoms. The van der Waals surface area contributed by atoms with Crippen LogP contribution >= 0.6 is 0 Å². The number of anilines is 1. The smallest absolute Gasteiger partial charge is 0.257 e. The van der Waals surface area contributed by atoms with E-state index < -0.39 is 12.1 Å². The number of pyridine rings is 1. The van der Waals surface area contributed by atoms with Gasteiger partial charge in [0.1, 0.15) is 18.5 Å². The van der Waals surface area contributed by atoms with Crippen LogP contribution in [0.2, 0.25) is 0 Å². The van der Waals surface area contributed by atoms with Gasteiger partial charge in [0.25, 0.3) is 11.8 Å². The Hall–Kier alpha value is -3.71. The highest BCUT2D eigenvalue weighted by atomic mass is 16.5. The first-order valence-electron chi connectivity index (χ1n) is 9.14. The lowest BCUT2D eigenvalue weighted by Crippen LogP contribution is -2.45. The average Bonchev–Trinajstić information content (AvgIpc) is 2.76. The molecule has 2 amide bonds. The zero-order chi connectivity index (χ0) is 20.2. The highest BCUT2D eigenvalue weighted by Gasteiger charge is 2.30. The number of fused-ring (bicyclic) bond motifs is 1. The summed E-state index contributed by atoms with van der Waals surface area (Å²) < 4.78 is 5.63. The molecule has 3 N–H and O–H groups in total. The van der Waals surface area contributed by atoms with Crippen LogP contribution in [0.25, 0.3) is 0 Å². The van der Waals surface area contributed by atoms with E-state index in [1.54, 1.807) is 54.7 Å². The number of hydrogen-bond donors (Lipinski definition) is 3. The summed E-state index contributed by atoms with van der Waals surface area (Å²) in [6.45, 7) is 0.168. The number of nitrogens with one attached hydrogen (secondary N) is 2. The summed E-state index contributed by atoms with van der Waals surface area (Å²) in [5.41, 5.74) is 1.90. The molecule has 3 aromatic rings. The Morgan fingerprint density at radius 3 is 2.66 bits per heavy atom. The fraction of sp³-hybridized carbons (Fsp3) is 0.136. The number of hydrogen-bond acceptors (Lipinski definition) is 5. The van der Waals surface area contributed by atoms with Gasteiger partial charge in [-0.3, -0.25) is 14.6 Å². The monoisotopic (exact) mass is 389 g/mol. The highest BCUT2D eigenvalue weighted by molar-refractivity contribution is 6.05. The summed E-state index contributed by atoms with van der Waals surface area (Å²) in [6, 6.07) is 16.5. The van der Waals surface area contributed by atoms with E-state index in [-0.39, 0.29) is 18.4 Å². The van der Waals surface area contributed by atoms with Gasteiger partial charge in [-0.25, -0.2) is 0 Å². The number of aliphatic hydroxyl groups excluding tert-OH is 1. The molecule has 4 rings (SSSR count). The second-order valence-electron chi connectivity index (χ2n) is 6.65. The second-order valence-corrected chi connectivity index (χ2v) is 6.65. The average molecular weight is 389 g/mol. The Balaban J connectivity index is 1.45. The number of para-hydroxylation sites is 1. The summed E-state index contributed by atoms with van der Waals surface area (Å²) >= 11 is 0. The third kappa shape index (κ3) is 4.09. The van der Waals surface area contributed by atoms with Crippen molar-refractivity contribution >= 4 is 17.5 Å². The van der Waals surface area contributed by atoms with Gasteiger partial charge < -0.3 is 20.5 Å². The van der Waals surface area contributed by atoms with Crippen molar-refractivity contribution in [1.82, 2.24) is 10.3 Å². The number of amides is 2. The van der Waals surface area contributed by atoms with Crippen LogP contribution in [0.15, 0.2) is 73.1 Å². The molecule has 1 aromatic heterocycles. The van der Waals surface area contributed by atoms with Gasteiger partial charge >= 0.3 is 0 Å². The third-order valence-corrected chi connectivity index (χ3v) is 4.66. The maximum Gasteiger partial charge on any atom is 0.257 e. The van der Waals surface area contributed by atoms with Crippen LogP contribution in [0.5, 0.6) is 5.75 Å². The van der Waals surface area contributed by atoms with Crippen LogP contribution in [-0.4, -0.2) is 34.6 Å². The first-order valence-corrected chi connectivity index (χ1v) is 9.14. The molecule has 1 aliphatic rings. The van der Waals surface area contributed by atoms with Gasteiger partial charge in [-0.15, -0.1) is 0 Å². The number of aromatic nitrogens is 1. The number of aliphatic hydroxyl groups is 1. The third-order valence-electron chi connectivity index (χ3n) is 4.66. The lowest BCUT2D eigenvalue weighted by Gasteiger charge is -2.30. The van der Waals surface area contributed by atoms with Gasteiger partial charge in [-0.05, 0) is 36.4 Å². The van der Waals surface area contributed by atoms with Gasteiger partial charge in [0.15, 0.2) is 0 Å². The molecule has 2 heterocycles. The molecule has 29 heavy (non-hydrogen) atoms. The van der Waals surface area contributed by atoms with E-state index >= 15 is 0 Å². The molecular formula is C22H19N3O4. The van der Waals surface area contributed by atoms with E-state index in [1.807, 2.05) is 12.1 Å². The van der Waals surface area contributed by atoms with E-state index in [1.165, 1.54) is 6.20 Å². The largest absolute Gasteiger partial charge is 0.491 e. The quantitative estimate of drug-likeness (QED) is 0.637. The first kappa shape index (κ1) is 18.6. The molecule has 146 valence electrons. The fourth-order valence-electron chi connectivity index (χ4n) is 3.15. The summed E-state index contributed by atoms with van der Waals surface area (Å²) in [7, 11) is 0. The maximum absolute atomic E-state index is 12.7. The molecular weight excluding hydrogens is 370 g/mol. The number of benzene rings is 2. The highest BCUT2D eigenvalue weighted by Crippen LogP contribution is 2.31. The molecule has 0 saturated heterocycles. The van der Waals surface area contributed by atoms with Gasteiger partial charge in [0.2, 0.25) is 0 Å². The Morgan fingerprint density at radius 2 is 1.83 bits per heavy atom. The normalized spacial score (nSPS) is 17.6. The lowest BCUT2D eigenvalue weighted by molar-refractivity contribution is 0.0617. The van der Waals surface area contributed by atoms with Crippen LogP contribution in [0.3, 0.4) is 0 Å². The molecule has 2 aromatic carbocycles. The lowest BCUT2D eigenvalue weighted by atomic mass is 9.99. The van der Waals surface area contributed by atoms with Crippen LogP contribution in [-0.2, 0) is 0 Å². The van der Waals surface area contributed by atoms with E-state index in [2.05, 4.69) is 15.6 Å². The van der Waals surface area contributed by atoms with Crippen LogP contribution in [0.1, 0.15) is 32.4 Å². The minimum Gasteiger partial charge on any atom is -0.491 e. The minimum absolute atomic E-state index is 0.168. The van der Waals surface area contributed by atoms with Crippen LogP contribution in [0, 0.1) is 0 Å². The molecule has 0 saturated carbocycles. The van der Waals surface area contributed by atoms with Crippen molar-refractivity contribution in [2.45, 2.75) is 12.1 Å². The van der Waals surface area contributed by atoms with Crippen LogP contribution < -0.4 is 15.4 Å². The summed E-state index contributed by atoms with van der Waals surface area (Å²) in [4.78, 5) is 28.9. The van der Waals surface area contributed by atoms with E-state index in [0.29, 0.717) is 28.1 Å². The van der Waals surface area contributed by atoms with Crippen molar-refractivity contribution in [3.63, 3.8) is 0 Å². The molecule has 7 heteroatoms. The van der Waals surface area contributed by atoms with Gasteiger partial charge in [0.05, 0.1) is 11.6 Å². The Bertz CT molecular complexity index is 1040. The molecule has 0 radical (unpaired) electrons. The van der Waals surface area contributed by atoms with E-state index in [4.69, 9.17) is 4.74 Å². The standard InChI is InChI=1S/C22H19N3O4/c26-20-17-8-1-2-9-19(17)29-13-18(20)25-21(27)14-5-3-7-16(11-14)24-22(28)15-6-4-10-23-12-15/h1-12,18,20,26H,13H2,(H,24,28)(H,25,27). The summed E-state index contributed by atoms with van der Waals surface area (Å²) in [5.74, 6) is -0.0662. The predicted octanol–water partition coefficient (Wildman–Crippen LogP) is 2.56. The van der Waals surface area contributed by atoms with Crippen molar-refractivity contribution < 1.29 is 19.4 Å². The number of carbonyl (C=O) groups excluding carboxylic acids is 2. The molecule has 2 unspecified atom stereocenters. The van der Waals surface area contributed by atoms with E-state index in [9.17, 15) is 14.7 Å². The fourth-order valence-corrected chi connectivity index (χ4v) is 3.15. The topological polar surface area (TPSA) is 101 Å². The van der Waals surface area contributed by atoms with Crippen molar-refractivity contribution in [2.24, 2.45) is 0 Å². The SMILES string of the molecule is O=C(Nc1cccc(C(=O)NC2COc3ccccc3C2O)c1)c1cccnc1.